The fourth-order valence-electron chi connectivity index (χ4n) is 3.51. The number of pyridine rings is 1. The summed E-state index contributed by atoms with van der Waals surface area (Å²) in [5.74, 6) is 0.615. The predicted molar refractivity (Wildman–Crippen MR) is 104 cm³/mol. The van der Waals surface area contributed by atoms with Gasteiger partial charge in [0.05, 0.1) is 6.20 Å². The second kappa shape index (κ2) is 8.16. The molecule has 0 spiro atoms. The van der Waals surface area contributed by atoms with E-state index in [0.29, 0.717) is 23.6 Å². The molecule has 0 bridgehead atoms. The molecular formula is C20H24N6O. The van der Waals surface area contributed by atoms with E-state index in [0.717, 1.165) is 18.4 Å². The van der Waals surface area contributed by atoms with E-state index in [1.807, 2.05) is 30.6 Å². The normalized spacial score (nSPS) is 15.4. The van der Waals surface area contributed by atoms with E-state index in [9.17, 15) is 4.79 Å². The van der Waals surface area contributed by atoms with E-state index in [4.69, 9.17) is 0 Å². The van der Waals surface area contributed by atoms with Crippen LogP contribution in [0.2, 0.25) is 0 Å². The number of nitrogens with zero attached hydrogens (tertiary/aromatic N) is 4. The maximum atomic E-state index is 12.8. The minimum absolute atomic E-state index is 0.0891. The lowest BCUT2D eigenvalue weighted by molar-refractivity contribution is 0.0935. The standard InChI is InChI=1S/C20H24N6O/c27-20(24-16-7-3-1-2-4-8-16)17-14-23-26-11-9-18(25-19(17)26)22-13-15-6-5-10-21-12-15/h5-6,9-12,14,16H,1-4,7-8,13H2,(H,22,25)(H,24,27). The molecule has 3 aromatic rings. The zero-order valence-electron chi connectivity index (χ0n) is 15.3. The van der Waals surface area contributed by atoms with Crippen molar-refractivity contribution in [3.63, 3.8) is 0 Å². The van der Waals surface area contributed by atoms with Crippen molar-refractivity contribution in [2.24, 2.45) is 0 Å². The Labute approximate surface area is 158 Å². The summed E-state index contributed by atoms with van der Waals surface area (Å²) in [6, 6.07) is 6.01. The second-order valence-corrected chi connectivity index (χ2v) is 7.02. The third-order valence-corrected chi connectivity index (χ3v) is 5.00. The summed E-state index contributed by atoms with van der Waals surface area (Å²) in [5, 5.41) is 10.7. The van der Waals surface area contributed by atoms with E-state index >= 15 is 0 Å². The molecule has 140 valence electrons. The van der Waals surface area contributed by atoms with Crippen molar-refractivity contribution in [2.45, 2.75) is 51.1 Å². The van der Waals surface area contributed by atoms with Crippen LogP contribution in [0.25, 0.3) is 5.65 Å². The van der Waals surface area contributed by atoms with Gasteiger partial charge in [0.2, 0.25) is 0 Å². The highest BCUT2D eigenvalue weighted by Crippen LogP contribution is 2.18. The molecule has 3 aromatic heterocycles. The smallest absolute Gasteiger partial charge is 0.256 e. The van der Waals surface area contributed by atoms with Gasteiger partial charge < -0.3 is 10.6 Å². The van der Waals surface area contributed by atoms with Gasteiger partial charge >= 0.3 is 0 Å². The summed E-state index contributed by atoms with van der Waals surface area (Å²) >= 11 is 0. The van der Waals surface area contributed by atoms with Crippen molar-refractivity contribution in [3.8, 4) is 0 Å². The molecule has 7 nitrogen and oxygen atoms in total. The van der Waals surface area contributed by atoms with Crippen molar-refractivity contribution in [2.75, 3.05) is 5.32 Å². The maximum absolute atomic E-state index is 12.8. The predicted octanol–water partition coefficient (Wildman–Crippen LogP) is 3.19. The molecule has 0 unspecified atom stereocenters. The van der Waals surface area contributed by atoms with Crippen molar-refractivity contribution in [1.29, 1.82) is 0 Å². The van der Waals surface area contributed by atoms with Crippen molar-refractivity contribution >= 4 is 17.4 Å². The molecule has 2 N–H and O–H groups in total. The molecule has 4 rings (SSSR count). The van der Waals surface area contributed by atoms with Crippen LogP contribution in [-0.2, 0) is 6.54 Å². The lowest BCUT2D eigenvalue weighted by atomic mass is 10.1. The first-order valence-corrected chi connectivity index (χ1v) is 9.57. The van der Waals surface area contributed by atoms with Gasteiger partial charge in [-0.1, -0.05) is 31.7 Å². The molecule has 1 fully saturated rings. The number of hydrogen-bond donors (Lipinski definition) is 2. The van der Waals surface area contributed by atoms with Crippen LogP contribution in [0, 0.1) is 0 Å². The Kier molecular flexibility index (Phi) is 5.27. The maximum Gasteiger partial charge on any atom is 0.256 e. The highest BCUT2D eigenvalue weighted by atomic mass is 16.1. The summed E-state index contributed by atoms with van der Waals surface area (Å²) in [4.78, 5) is 21.5. The van der Waals surface area contributed by atoms with Gasteiger partial charge in [0.15, 0.2) is 5.65 Å². The number of carbonyl (C=O) groups is 1. The van der Waals surface area contributed by atoms with Gasteiger partial charge in [-0.15, -0.1) is 0 Å². The summed E-state index contributed by atoms with van der Waals surface area (Å²) < 4.78 is 1.64. The van der Waals surface area contributed by atoms with Gasteiger partial charge in [-0.3, -0.25) is 9.78 Å². The zero-order valence-corrected chi connectivity index (χ0v) is 15.3. The number of hydrogen-bond acceptors (Lipinski definition) is 5. The van der Waals surface area contributed by atoms with Crippen LogP contribution >= 0.6 is 0 Å². The van der Waals surface area contributed by atoms with Crippen LogP contribution in [0.3, 0.4) is 0 Å². The molecular weight excluding hydrogens is 340 g/mol. The molecule has 1 saturated carbocycles. The van der Waals surface area contributed by atoms with E-state index in [2.05, 4.69) is 25.7 Å². The SMILES string of the molecule is O=C(NC1CCCCCC1)c1cnn2ccc(NCc3cccnc3)nc12. The monoisotopic (exact) mass is 364 g/mol. The summed E-state index contributed by atoms with van der Waals surface area (Å²) in [5.41, 5.74) is 2.15. The van der Waals surface area contributed by atoms with E-state index < -0.39 is 0 Å². The number of carbonyl (C=O) groups excluding carboxylic acids is 1. The van der Waals surface area contributed by atoms with Crippen molar-refractivity contribution in [1.82, 2.24) is 24.9 Å². The molecule has 0 aromatic carbocycles. The number of rotatable bonds is 5. The minimum atomic E-state index is -0.0891. The second-order valence-electron chi connectivity index (χ2n) is 7.02. The van der Waals surface area contributed by atoms with Gasteiger partial charge in [0.1, 0.15) is 11.4 Å². The third-order valence-electron chi connectivity index (χ3n) is 5.00. The molecule has 27 heavy (non-hydrogen) atoms. The Morgan fingerprint density at radius 3 is 2.78 bits per heavy atom. The Morgan fingerprint density at radius 1 is 1.15 bits per heavy atom. The van der Waals surface area contributed by atoms with Crippen LogP contribution in [-0.4, -0.2) is 31.5 Å². The topological polar surface area (TPSA) is 84.2 Å². The van der Waals surface area contributed by atoms with Gasteiger partial charge in [0.25, 0.3) is 5.91 Å². The van der Waals surface area contributed by atoms with Crippen LogP contribution in [0.15, 0.2) is 43.0 Å². The molecule has 0 saturated heterocycles. The Balaban J connectivity index is 1.48. The van der Waals surface area contributed by atoms with Crippen molar-refractivity contribution in [3.05, 3.63) is 54.1 Å². The lowest BCUT2D eigenvalue weighted by Crippen LogP contribution is -2.34. The lowest BCUT2D eigenvalue weighted by Gasteiger charge is -2.15. The highest BCUT2D eigenvalue weighted by Gasteiger charge is 2.19. The minimum Gasteiger partial charge on any atom is -0.366 e. The number of anilines is 1. The van der Waals surface area contributed by atoms with E-state index in [-0.39, 0.29) is 11.9 Å². The first kappa shape index (κ1) is 17.5. The molecule has 1 aliphatic carbocycles. The molecule has 0 atom stereocenters. The summed E-state index contributed by atoms with van der Waals surface area (Å²) in [6.45, 7) is 0.620. The summed E-state index contributed by atoms with van der Waals surface area (Å²) in [6.07, 6.45) is 14.0. The molecule has 3 heterocycles. The van der Waals surface area contributed by atoms with Crippen LogP contribution in [0.4, 0.5) is 5.82 Å². The summed E-state index contributed by atoms with van der Waals surface area (Å²) in [7, 11) is 0. The molecule has 0 radical (unpaired) electrons. The van der Waals surface area contributed by atoms with Crippen LogP contribution in [0.1, 0.15) is 54.4 Å². The van der Waals surface area contributed by atoms with Gasteiger partial charge in [-0.25, -0.2) is 9.50 Å². The fourth-order valence-corrected chi connectivity index (χ4v) is 3.51. The number of nitrogens with one attached hydrogen (secondary N) is 2. The van der Waals surface area contributed by atoms with Crippen LogP contribution < -0.4 is 10.6 Å². The number of amides is 1. The van der Waals surface area contributed by atoms with E-state index in [1.165, 1.54) is 25.7 Å². The van der Waals surface area contributed by atoms with Gasteiger partial charge in [0, 0.05) is 31.2 Å². The quantitative estimate of drug-likeness (QED) is 0.679. The Bertz CT molecular complexity index is 899. The van der Waals surface area contributed by atoms with Crippen molar-refractivity contribution < 1.29 is 4.79 Å². The fraction of sp³-hybridized carbons (Fsp3) is 0.400. The molecule has 1 aliphatic rings. The molecule has 0 aliphatic heterocycles. The number of fused-ring (bicyclic) bond motifs is 1. The first-order valence-electron chi connectivity index (χ1n) is 9.57. The average Bonchev–Trinajstić information content (AvgIpc) is 2.96. The van der Waals surface area contributed by atoms with E-state index in [1.54, 1.807) is 16.9 Å². The molecule has 7 heteroatoms. The Morgan fingerprint density at radius 2 is 2.00 bits per heavy atom. The molecule has 1 amide bonds. The van der Waals surface area contributed by atoms with Gasteiger partial charge in [-0.2, -0.15) is 5.10 Å². The zero-order chi connectivity index (χ0) is 18.5. The first-order chi connectivity index (χ1) is 13.3. The number of aromatic nitrogens is 4. The Hall–Kier alpha value is -2.96. The largest absolute Gasteiger partial charge is 0.366 e. The van der Waals surface area contributed by atoms with Gasteiger partial charge in [-0.05, 0) is 30.5 Å². The average molecular weight is 364 g/mol. The third kappa shape index (κ3) is 4.24. The highest BCUT2D eigenvalue weighted by molar-refractivity contribution is 5.99. The van der Waals surface area contributed by atoms with Crippen LogP contribution in [0.5, 0.6) is 0 Å².